The van der Waals surface area contributed by atoms with Crippen LogP contribution in [0.4, 0.5) is 0 Å². The zero-order chi connectivity index (χ0) is 12.3. The largest absolute Gasteiger partial charge is 0.287 e. The molecule has 86 valence electrons. The van der Waals surface area contributed by atoms with Crippen molar-refractivity contribution in [3.63, 3.8) is 0 Å². The maximum Gasteiger partial charge on any atom is 0.230 e. The van der Waals surface area contributed by atoms with Crippen LogP contribution < -0.4 is 4.57 Å². The van der Waals surface area contributed by atoms with Crippen LogP contribution in [0.3, 0.4) is 0 Å². The van der Waals surface area contributed by atoms with Crippen LogP contribution in [0, 0.1) is 0 Å². The van der Waals surface area contributed by atoms with E-state index in [9.17, 15) is 4.79 Å². The first-order valence-electron chi connectivity index (χ1n) is 5.44. The Kier molecular flexibility index (Phi) is 3.55. The Bertz CT molecular complexity index is 508. The summed E-state index contributed by atoms with van der Waals surface area (Å²) in [6.07, 6.45) is 3.77. The molecule has 0 unspecified atom stereocenters. The lowest BCUT2D eigenvalue weighted by atomic mass is 10.1. The van der Waals surface area contributed by atoms with Crippen molar-refractivity contribution in [2.45, 2.75) is 13.0 Å². The molecule has 0 aliphatic rings. The van der Waals surface area contributed by atoms with Crippen molar-refractivity contribution in [2.24, 2.45) is 0 Å². The fourth-order valence-electron chi connectivity index (χ4n) is 1.66. The molecule has 0 N–H and O–H groups in total. The summed E-state index contributed by atoms with van der Waals surface area (Å²) in [5, 5.41) is 0.640. The van der Waals surface area contributed by atoms with Crippen LogP contribution in [-0.2, 0) is 0 Å². The van der Waals surface area contributed by atoms with Gasteiger partial charge in [0.25, 0.3) is 0 Å². The first-order chi connectivity index (χ1) is 8.18. The standard InChI is InChI=1S/C14H13ClNO/c1-11(16-9-3-2-4-10-16)14(17)12-5-7-13(15)8-6-12/h2-11H,1H3/q+1/t11-/m1/s1. The number of pyridine rings is 1. The van der Waals surface area contributed by atoms with Crippen LogP contribution in [0.5, 0.6) is 0 Å². The number of carbonyl (C=O) groups is 1. The fraction of sp³-hybridized carbons (Fsp3) is 0.143. The van der Waals surface area contributed by atoms with Crippen molar-refractivity contribution in [1.82, 2.24) is 0 Å². The van der Waals surface area contributed by atoms with Gasteiger partial charge < -0.3 is 0 Å². The third kappa shape index (κ3) is 2.71. The summed E-state index contributed by atoms with van der Waals surface area (Å²) in [6, 6.07) is 12.5. The molecule has 0 spiro atoms. The first kappa shape index (κ1) is 11.8. The van der Waals surface area contributed by atoms with E-state index in [0.717, 1.165) is 0 Å². The van der Waals surface area contributed by atoms with Gasteiger partial charge in [0.15, 0.2) is 12.4 Å². The lowest BCUT2D eigenvalue weighted by molar-refractivity contribution is -0.704. The number of halogens is 1. The van der Waals surface area contributed by atoms with E-state index in [2.05, 4.69) is 0 Å². The summed E-state index contributed by atoms with van der Waals surface area (Å²) in [5.41, 5.74) is 0.679. The van der Waals surface area contributed by atoms with E-state index in [1.165, 1.54) is 0 Å². The van der Waals surface area contributed by atoms with E-state index in [-0.39, 0.29) is 11.8 Å². The number of ketones is 1. The van der Waals surface area contributed by atoms with Crippen molar-refractivity contribution in [1.29, 1.82) is 0 Å². The zero-order valence-corrected chi connectivity index (χ0v) is 10.3. The minimum absolute atomic E-state index is 0.0814. The second kappa shape index (κ2) is 5.11. The predicted molar refractivity (Wildman–Crippen MR) is 67.1 cm³/mol. The molecule has 17 heavy (non-hydrogen) atoms. The SMILES string of the molecule is C[C@H](C(=O)c1ccc(Cl)cc1)[n+]1ccccc1. The van der Waals surface area contributed by atoms with Crippen molar-refractivity contribution < 1.29 is 9.36 Å². The molecule has 1 atom stereocenters. The van der Waals surface area contributed by atoms with Gasteiger partial charge in [0.2, 0.25) is 11.8 Å². The molecule has 0 radical (unpaired) electrons. The van der Waals surface area contributed by atoms with E-state index in [1.807, 2.05) is 42.1 Å². The van der Waals surface area contributed by atoms with Gasteiger partial charge in [0.1, 0.15) is 0 Å². The third-order valence-electron chi connectivity index (χ3n) is 2.69. The topological polar surface area (TPSA) is 20.9 Å². The Balaban J connectivity index is 2.23. The molecule has 0 bridgehead atoms. The zero-order valence-electron chi connectivity index (χ0n) is 9.51. The molecule has 0 fully saturated rings. The van der Waals surface area contributed by atoms with Gasteiger partial charge in [-0.25, -0.2) is 0 Å². The van der Waals surface area contributed by atoms with Crippen molar-refractivity contribution in [3.8, 4) is 0 Å². The van der Waals surface area contributed by atoms with Crippen molar-refractivity contribution in [2.75, 3.05) is 0 Å². The lowest BCUT2D eigenvalue weighted by Crippen LogP contribution is -2.41. The minimum atomic E-state index is -0.211. The molecule has 2 rings (SSSR count). The second-order valence-electron chi connectivity index (χ2n) is 3.87. The number of aromatic nitrogens is 1. The molecule has 2 aromatic rings. The van der Waals surface area contributed by atoms with E-state index in [4.69, 9.17) is 11.6 Å². The predicted octanol–water partition coefficient (Wildman–Crippen LogP) is 3.07. The number of benzene rings is 1. The summed E-state index contributed by atoms with van der Waals surface area (Å²) in [4.78, 5) is 12.2. The Morgan fingerprint density at radius 1 is 1.12 bits per heavy atom. The molecule has 0 aliphatic carbocycles. The van der Waals surface area contributed by atoms with Crippen LogP contribution in [0.15, 0.2) is 54.9 Å². The van der Waals surface area contributed by atoms with Crippen LogP contribution in [0.25, 0.3) is 0 Å². The highest BCUT2D eigenvalue weighted by atomic mass is 35.5. The maximum absolute atomic E-state index is 12.2. The third-order valence-corrected chi connectivity index (χ3v) is 2.95. The summed E-state index contributed by atoms with van der Waals surface area (Å²) in [7, 11) is 0. The number of hydrogen-bond acceptors (Lipinski definition) is 1. The van der Waals surface area contributed by atoms with Gasteiger partial charge in [-0.2, -0.15) is 4.57 Å². The Morgan fingerprint density at radius 2 is 1.71 bits per heavy atom. The average Bonchev–Trinajstić information content (AvgIpc) is 2.39. The van der Waals surface area contributed by atoms with Crippen molar-refractivity contribution in [3.05, 3.63) is 65.4 Å². The van der Waals surface area contributed by atoms with Crippen LogP contribution >= 0.6 is 11.6 Å². The van der Waals surface area contributed by atoms with Gasteiger partial charge in [-0.3, -0.25) is 4.79 Å². The lowest BCUT2D eigenvalue weighted by Gasteiger charge is -2.06. The highest BCUT2D eigenvalue weighted by Crippen LogP contribution is 2.13. The highest BCUT2D eigenvalue weighted by molar-refractivity contribution is 6.30. The molecule has 1 aromatic carbocycles. The number of Topliss-reactive ketones (excluding diaryl/α,β-unsaturated/α-hetero) is 1. The van der Waals surface area contributed by atoms with E-state index < -0.39 is 0 Å². The molecule has 3 heteroatoms. The van der Waals surface area contributed by atoms with Gasteiger partial charge in [-0.05, 0) is 24.3 Å². The molecule has 0 aliphatic heterocycles. The van der Waals surface area contributed by atoms with Gasteiger partial charge in [-0.1, -0.05) is 17.7 Å². The Hall–Kier alpha value is -1.67. The fourth-order valence-corrected chi connectivity index (χ4v) is 1.79. The molecular weight excluding hydrogens is 234 g/mol. The molecule has 2 nitrogen and oxygen atoms in total. The highest BCUT2D eigenvalue weighted by Gasteiger charge is 2.22. The molecule has 1 heterocycles. The Labute approximate surface area is 105 Å². The quantitative estimate of drug-likeness (QED) is 0.602. The van der Waals surface area contributed by atoms with Crippen LogP contribution in [-0.4, -0.2) is 5.78 Å². The Morgan fingerprint density at radius 3 is 2.29 bits per heavy atom. The summed E-state index contributed by atoms with van der Waals surface area (Å²) in [6.45, 7) is 1.89. The van der Waals surface area contributed by atoms with Crippen molar-refractivity contribution >= 4 is 17.4 Å². The molecule has 0 saturated heterocycles. The molecule has 0 amide bonds. The number of carbonyl (C=O) groups excluding carboxylic acids is 1. The summed E-state index contributed by atoms with van der Waals surface area (Å²) in [5.74, 6) is 0.0814. The second-order valence-corrected chi connectivity index (χ2v) is 4.31. The number of rotatable bonds is 3. The van der Waals surface area contributed by atoms with Crippen LogP contribution in [0.2, 0.25) is 5.02 Å². The molecular formula is C14H13ClNO+. The maximum atomic E-state index is 12.2. The van der Waals surface area contributed by atoms with Crippen LogP contribution in [0.1, 0.15) is 23.3 Å². The van der Waals surface area contributed by atoms with Gasteiger partial charge >= 0.3 is 0 Å². The van der Waals surface area contributed by atoms with Gasteiger partial charge in [0.05, 0.1) is 0 Å². The number of hydrogen-bond donors (Lipinski definition) is 0. The summed E-state index contributed by atoms with van der Waals surface area (Å²) >= 11 is 5.80. The van der Waals surface area contributed by atoms with E-state index >= 15 is 0 Å². The van der Waals surface area contributed by atoms with Gasteiger partial charge in [0, 0.05) is 29.6 Å². The smallest absolute Gasteiger partial charge is 0.230 e. The van der Waals surface area contributed by atoms with E-state index in [0.29, 0.717) is 10.6 Å². The average molecular weight is 247 g/mol. The van der Waals surface area contributed by atoms with Gasteiger partial charge in [-0.15, -0.1) is 0 Å². The first-order valence-corrected chi connectivity index (χ1v) is 5.82. The summed E-state index contributed by atoms with van der Waals surface area (Å²) < 4.78 is 1.89. The monoisotopic (exact) mass is 246 g/mol. The number of nitrogens with zero attached hydrogens (tertiary/aromatic N) is 1. The normalized spacial score (nSPS) is 12.1. The minimum Gasteiger partial charge on any atom is -0.287 e. The van der Waals surface area contributed by atoms with E-state index in [1.54, 1.807) is 24.3 Å². The molecule has 1 aromatic heterocycles. The molecule has 0 saturated carbocycles.